The van der Waals surface area contributed by atoms with Gasteiger partial charge in [-0.1, -0.05) is 31.0 Å². The van der Waals surface area contributed by atoms with Crippen molar-refractivity contribution in [3.63, 3.8) is 0 Å². The van der Waals surface area contributed by atoms with Gasteiger partial charge in [0, 0.05) is 29.9 Å². The van der Waals surface area contributed by atoms with Crippen LogP contribution in [-0.2, 0) is 18.4 Å². The molecule has 0 saturated carbocycles. The highest BCUT2D eigenvalue weighted by Gasteiger charge is 2.15. The summed E-state index contributed by atoms with van der Waals surface area (Å²) in [6, 6.07) is 7.87. The number of amides is 1. The summed E-state index contributed by atoms with van der Waals surface area (Å²) in [4.78, 5) is 27.7. The maximum Gasteiger partial charge on any atom is 0.291 e. The van der Waals surface area contributed by atoms with Crippen molar-refractivity contribution in [3.05, 3.63) is 40.8 Å². The van der Waals surface area contributed by atoms with Gasteiger partial charge in [0.15, 0.2) is 0 Å². The van der Waals surface area contributed by atoms with Crippen molar-refractivity contribution < 1.29 is 4.79 Å². The van der Waals surface area contributed by atoms with Crippen LogP contribution < -0.4 is 10.9 Å². The molecule has 1 aromatic carbocycles. The molecule has 2 aromatic heterocycles. The van der Waals surface area contributed by atoms with Gasteiger partial charge in [0.25, 0.3) is 5.56 Å². The third-order valence-electron chi connectivity index (χ3n) is 5.87. The number of hydrogen-bond donors (Lipinski definition) is 1. The number of aryl methyl sites for hydroxylation is 1. The number of nitrogens with zero attached hydrogens (tertiary/aromatic N) is 4. The van der Waals surface area contributed by atoms with Crippen LogP contribution in [0.2, 0.25) is 0 Å². The van der Waals surface area contributed by atoms with Gasteiger partial charge in [0.2, 0.25) is 5.91 Å². The lowest BCUT2D eigenvalue weighted by Crippen LogP contribution is -2.35. The van der Waals surface area contributed by atoms with Gasteiger partial charge in [-0.15, -0.1) is 0 Å². The number of rotatable bonds is 6. The monoisotopic (exact) mass is 395 g/mol. The van der Waals surface area contributed by atoms with E-state index in [0.717, 1.165) is 42.3 Å². The van der Waals surface area contributed by atoms with Crippen LogP contribution >= 0.6 is 0 Å². The van der Waals surface area contributed by atoms with Gasteiger partial charge >= 0.3 is 0 Å². The largest absolute Gasteiger partial charge is 0.354 e. The maximum absolute atomic E-state index is 12.9. The van der Waals surface area contributed by atoms with Crippen molar-refractivity contribution in [1.29, 1.82) is 0 Å². The summed E-state index contributed by atoms with van der Waals surface area (Å²) in [7, 11) is 1.87. The molecule has 1 N–H and O–H groups in total. The zero-order chi connectivity index (χ0) is 20.2. The van der Waals surface area contributed by atoms with Crippen LogP contribution in [0, 0.1) is 0 Å². The Bertz CT molecular complexity index is 1060. The Balaban J connectivity index is 1.38. The molecule has 0 aliphatic carbocycles. The molecule has 0 unspecified atom stereocenters. The van der Waals surface area contributed by atoms with Crippen molar-refractivity contribution in [3.8, 4) is 0 Å². The Labute approximate surface area is 170 Å². The van der Waals surface area contributed by atoms with Gasteiger partial charge in [-0.3, -0.25) is 9.59 Å². The molecule has 4 rings (SSSR count). The van der Waals surface area contributed by atoms with Crippen molar-refractivity contribution >= 4 is 27.7 Å². The highest BCUT2D eigenvalue weighted by Crippen LogP contribution is 2.24. The van der Waals surface area contributed by atoms with E-state index < -0.39 is 0 Å². The van der Waals surface area contributed by atoms with E-state index in [1.807, 2.05) is 35.9 Å². The molecular weight excluding hydrogens is 366 g/mol. The van der Waals surface area contributed by atoms with E-state index in [9.17, 15) is 9.59 Å². The second-order valence-electron chi connectivity index (χ2n) is 7.91. The van der Waals surface area contributed by atoms with Crippen molar-refractivity contribution in [2.24, 2.45) is 7.05 Å². The van der Waals surface area contributed by atoms with E-state index in [1.165, 1.54) is 30.4 Å². The maximum atomic E-state index is 12.9. The molecule has 0 radical (unpaired) electrons. The number of carbonyl (C=O) groups is 1. The molecule has 0 atom stereocenters. The summed E-state index contributed by atoms with van der Waals surface area (Å²) in [5.41, 5.74) is 1.33. The Morgan fingerprint density at radius 2 is 1.86 bits per heavy atom. The zero-order valence-corrected chi connectivity index (χ0v) is 17.1. The minimum atomic E-state index is -0.235. The van der Waals surface area contributed by atoms with Gasteiger partial charge in [0.05, 0.1) is 6.20 Å². The fourth-order valence-electron chi connectivity index (χ4n) is 4.31. The minimum Gasteiger partial charge on any atom is -0.354 e. The fraction of sp³-hybridized carbons (Fsp3) is 0.500. The van der Waals surface area contributed by atoms with Crippen molar-refractivity contribution in [1.82, 2.24) is 24.6 Å². The quantitative estimate of drug-likeness (QED) is 0.650. The van der Waals surface area contributed by atoms with E-state index in [0.29, 0.717) is 12.1 Å². The predicted molar refractivity (Wildman–Crippen MR) is 115 cm³/mol. The van der Waals surface area contributed by atoms with Crippen LogP contribution in [0.25, 0.3) is 21.8 Å². The standard InChI is InChI=1S/C22H29N5O2/c1-25-19-10-5-4-9-17(19)18-15-24-27(22(29)21(18)25)16-20(28)23-11-8-14-26-12-6-2-3-7-13-26/h4-5,9-10,15H,2-3,6-8,11-14,16H2,1H3,(H,23,28). The number of hydrogen-bond acceptors (Lipinski definition) is 4. The van der Waals surface area contributed by atoms with E-state index in [1.54, 1.807) is 6.20 Å². The average molecular weight is 396 g/mol. The lowest BCUT2D eigenvalue weighted by Gasteiger charge is -2.19. The summed E-state index contributed by atoms with van der Waals surface area (Å²) in [5.74, 6) is -0.173. The van der Waals surface area contributed by atoms with Crippen LogP contribution in [-0.4, -0.2) is 51.3 Å². The average Bonchev–Trinajstić information content (AvgIpc) is 2.88. The molecule has 0 spiro atoms. The van der Waals surface area contributed by atoms with Crippen molar-refractivity contribution in [2.75, 3.05) is 26.2 Å². The SMILES string of the molecule is Cn1c2ccccc2c2cnn(CC(=O)NCCCN3CCCCCC3)c(=O)c21. The molecular formula is C22H29N5O2. The molecule has 1 fully saturated rings. The van der Waals surface area contributed by atoms with Gasteiger partial charge in [-0.25, -0.2) is 4.68 Å². The zero-order valence-electron chi connectivity index (χ0n) is 17.1. The van der Waals surface area contributed by atoms with Crippen molar-refractivity contribution in [2.45, 2.75) is 38.6 Å². The summed E-state index contributed by atoms with van der Waals surface area (Å²) in [6.45, 7) is 3.91. The van der Waals surface area contributed by atoms with Crippen LogP contribution in [0.5, 0.6) is 0 Å². The number of aromatic nitrogens is 3. The van der Waals surface area contributed by atoms with E-state index in [2.05, 4.69) is 15.3 Å². The van der Waals surface area contributed by atoms with Gasteiger partial charge in [0.1, 0.15) is 12.1 Å². The second kappa shape index (κ2) is 8.78. The Kier molecular flexibility index (Phi) is 5.94. The first-order valence-corrected chi connectivity index (χ1v) is 10.6. The minimum absolute atomic E-state index is 0.0555. The summed E-state index contributed by atoms with van der Waals surface area (Å²) in [5, 5.41) is 9.00. The summed E-state index contributed by atoms with van der Waals surface area (Å²) < 4.78 is 3.13. The third kappa shape index (κ3) is 4.19. The predicted octanol–water partition coefficient (Wildman–Crippen LogP) is 2.27. The highest BCUT2D eigenvalue weighted by molar-refractivity contribution is 6.07. The molecule has 154 valence electrons. The third-order valence-corrected chi connectivity index (χ3v) is 5.87. The Hall–Kier alpha value is -2.67. The topological polar surface area (TPSA) is 72.2 Å². The first kappa shape index (κ1) is 19.6. The van der Waals surface area contributed by atoms with E-state index >= 15 is 0 Å². The van der Waals surface area contributed by atoms with Gasteiger partial charge in [-0.2, -0.15) is 5.10 Å². The Morgan fingerprint density at radius 1 is 1.10 bits per heavy atom. The summed E-state index contributed by atoms with van der Waals surface area (Å²) in [6.07, 6.45) is 7.82. The smallest absolute Gasteiger partial charge is 0.291 e. The Morgan fingerprint density at radius 3 is 2.66 bits per heavy atom. The highest BCUT2D eigenvalue weighted by atomic mass is 16.2. The van der Waals surface area contributed by atoms with Crippen LogP contribution in [0.1, 0.15) is 32.1 Å². The van der Waals surface area contributed by atoms with E-state index in [-0.39, 0.29) is 18.0 Å². The molecule has 7 heteroatoms. The molecule has 29 heavy (non-hydrogen) atoms. The number of fused-ring (bicyclic) bond motifs is 3. The number of nitrogens with one attached hydrogen (secondary N) is 1. The first-order valence-electron chi connectivity index (χ1n) is 10.6. The fourth-order valence-corrected chi connectivity index (χ4v) is 4.31. The lowest BCUT2D eigenvalue weighted by atomic mass is 10.2. The molecule has 1 aliphatic heterocycles. The lowest BCUT2D eigenvalue weighted by molar-refractivity contribution is -0.121. The van der Waals surface area contributed by atoms with Crippen LogP contribution in [0.4, 0.5) is 0 Å². The molecule has 7 nitrogen and oxygen atoms in total. The number of likely N-dealkylation sites (tertiary alicyclic amines) is 1. The number of benzene rings is 1. The molecule has 3 heterocycles. The van der Waals surface area contributed by atoms with E-state index in [4.69, 9.17) is 0 Å². The van der Waals surface area contributed by atoms with Gasteiger partial charge in [-0.05, 0) is 45.0 Å². The van der Waals surface area contributed by atoms with Crippen LogP contribution in [0.15, 0.2) is 35.3 Å². The molecule has 1 amide bonds. The van der Waals surface area contributed by atoms with Crippen LogP contribution in [0.3, 0.4) is 0 Å². The molecule has 1 aliphatic rings. The number of para-hydroxylation sites is 1. The van der Waals surface area contributed by atoms with Gasteiger partial charge < -0.3 is 14.8 Å². The molecule has 3 aromatic rings. The molecule has 1 saturated heterocycles. The normalized spacial score (nSPS) is 15.6. The second-order valence-corrected chi connectivity index (χ2v) is 7.91. The summed E-state index contributed by atoms with van der Waals surface area (Å²) >= 11 is 0. The molecule has 0 bridgehead atoms. The first-order chi connectivity index (χ1) is 14.1. The number of carbonyl (C=O) groups excluding carboxylic acids is 1.